The summed E-state index contributed by atoms with van der Waals surface area (Å²) in [6, 6.07) is 10.3. The van der Waals surface area contributed by atoms with Crippen LogP contribution in [0.3, 0.4) is 0 Å². The Labute approximate surface area is 150 Å². The van der Waals surface area contributed by atoms with E-state index in [0.717, 1.165) is 24.3 Å². The van der Waals surface area contributed by atoms with Crippen molar-refractivity contribution in [3.63, 3.8) is 0 Å². The van der Waals surface area contributed by atoms with Crippen molar-refractivity contribution in [1.29, 1.82) is 0 Å². The molecule has 1 heterocycles. The Morgan fingerprint density at radius 2 is 1.88 bits per heavy atom. The molecule has 1 aromatic heterocycles. The second kappa shape index (κ2) is 6.25. The molecule has 7 heteroatoms. The van der Waals surface area contributed by atoms with Gasteiger partial charge in [0.2, 0.25) is 0 Å². The Morgan fingerprint density at radius 3 is 2.54 bits per heavy atom. The van der Waals surface area contributed by atoms with Crippen LogP contribution in [0.2, 0.25) is 0 Å². The van der Waals surface area contributed by atoms with Crippen LogP contribution < -0.4 is 4.72 Å². The Bertz CT molecular complexity index is 1050. The predicted molar refractivity (Wildman–Crippen MR) is 95.9 cm³/mol. The number of aromatic nitrogens is 1. The van der Waals surface area contributed by atoms with E-state index < -0.39 is 15.8 Å². The van der Waals surface area contributed by atoms with Crippen molar-refractivity contribution < 1.29 is 17.2 Å². The molecular weight excluding hydrogens is 355 g/mol. The van der Waals surface area contributed by atoms with Gasteiger partial charge in [0.1, 0.15) is 5.82 Å². The summed E-state index contributed by atoms with van der Waals surface area (Å²) in [5, 5.41) is 0. The number of oxazole rings is 1. The molecule has 1 N–H and O–H groups in total. The Morgan fingerprint density at radius 1 is 1.15 bits per heavy atom. The highest BCUT2D eigenvalue weighted by molar-refractivity contribution is 7.92. The zero-order valence-electron chi connectivity index (χ0n) is 14.1. The second-order valence-electron chi connectivity index (χ2n) is 6.43. The van der Waals surface area contributed by atoms with Gasteiger partial charge < -0.3 is 4.42 Å². The number of benzene rings is 2. The molecule has 4 rings (SSSR count). The molecule has 0 unspecified atom stereocenters. The third kappa shape index (κ3) is 3.35. The Kier molecular flexibility index (Phi) is 4.03. The maximum Gasteiger partial charge on any atom is 0.261 e. The van der Waals surface area contributed by atoms with Gasteiger partial charge >= 0.3 is 0 Å². The number of nitrogens with zero attached hydrogens (tertiary/aromatic N) is 1. The normalized spacial score (nSPS) is 14.4. The number of nitrogens with one attached hydrogen (secondary N) is 1. The summed E-state index contributed by atoms with van der Waals surface area (Å²) in [7, 11) is -3.76. The highest BCUT2D eigenvalue weighted by Gasteiger charge is 2.28. The van der Waals surface area contributed by atoms with Crippen LogP contribution in [0.1, 0.15) is 30.2 Å². The summed E-state index contributed by atoms with van der Waals surface area (Å²) in [5.41, 5.74) is 1.63. The first-order valence-electron chi connectivity index (χ1n) is 8.27. The fourth-order valence-electron chi connectivity index (χ4n) is 2.68. The highest BCUT2D eigenvalue weighted by atomic mass is 32.2. The quantitative estimate of drug-likeness (QED) is 0.717. The van der Waals surface area contributed by atoms with Crippen LogP contribution in [0, 0.1) is 12.7 Å². The molecule has 1 fully saturated rings. The van der Waals surface area contributed by atoms with Crippen LogP contribution in [0.15, 0.2) is 58.0 Å². The number of hydrogen-bond donors (Lipinski definition) is 1. The van der Waals surface area contributed by atoms with Gasteiger partial charge in [-0.25, -0.2) is 17.8 Å². The first kappa shape index (κ1) is 16.8. The fraction of sp³-hybridized carbons (Fsp3) is 0.211. The minimum atomic E-state index is -3.76. The highest BCUT2D eigenvalue weighted by Crippen LogP contribution is 2.40. The molecule has 0 saturated heterocycles. The summed E-state index contributed by atoms with van der Waals surface area (Å²) in [6.45, 7) is 1.64. The smallest absolute Gasteiger partial charge is 0.261 e. The molecule has 1 aliphatic carbocycles. The van der Waals surface area contributed by atoms with Crippen LogP contribution >= 0.6 is 0 Å². The van der Waals surface area contributed by atoms with E-state index >= 15 is 0 Å². The number of hydrogen-bond acceptors (Lipinski definition) is 4. The van der Waals surface area contributed by atoms with E-state index in [1.54, 1.807) is 25.3 Å². The van der Waals surface area contributed by atoms with Gasteiger partial charge in [-0.3, -0.25) is 4.72 Å². The molecule has 26 heavy (non-hydrogen) atoms. The zero-order valence-corrected chi connectivity index (χ0v) is 14.9. The fourth-order valence-corrected chi connectivity index (χ4v) is 3.81. The minimum absolute atomic E-state index is 0.118. The molecule has 1 aliphatic rings. The van der Waals surface area contributed by atoms with Crippen molar-refractivity contribution in [1.82, 2.24) is 4.98 Å². The second-order valence-corrected chi connectivity index (χ2v) is 8.11. The van der Waals surface area contributed by atoms with Crippen molar-refractivity contribution in [2.75, 3.05) is 4.72 Å². The molecule has 0 bridgehead atoms. The summed E-state index contributed by atoms with van der Waals surface area (Å²) in [6.07, 6.45) is 3.87. The molecule has 0 amide bonds. The van der Waals surface area contributed by atoms with Crippen molar-refractivity contribution in [2.24, 2.45) is 0 Å². The van der Waals surface area contributed by atoms with Crippen molar-refractivity contribution in [3.05, 3.63) is 65.9 Å². The largest absolute Gasteiger partial charge is 0.440 e. The molecule has 134 valence electrons. The first-order valence-corrected chi connectivity index (χ1v) is 9.76. The maximum atomic E-state index is 13.2. The van der Waals surface area contributed by atoms with E-state index in [9.17, 15) is 12.8 Å². The number of anilines is 1. The standard InChI is InChI=1S/C19H17FN2O3S/c1-12-10-15(20)6-9-17(12)22-26(23,24)16-7-4-13(5-8-16)18-11-21-19(25-18)14-2-3-14/h4-11,14,22H,2-3H2,1H3. The lowest BCUT2D eigenvalue weighted by molar-refractivity contribution is 0.509. The average Bonchev–Trinajstić information content (AvgIpc) is 3.35. The van der Waals surface area contributed by atoms with Gasteiger partial charge in [-0.05, 0) is 67.8 Å². The molecule has 1 saturated carbocycles. The van der Waals surface area contributed by atoms with Gasteiger partial charge in [0.15, 0.2) is 11.7 Å². The average molecular weight is 372 g/mol. The molecular formula is C19H17FN2O3S. The first-order chi connectivity index (χ1) is 12.4. The number of rotatable bonds is 5. The van der Waals surface area contributed by atoms with Gasteiger partial charge in [-0.1, -0.05) is 0 Å². The van der Waals surface area contributed by atoms with Crippen molar-refractivity contribution in [3.8, 4) is 11.3 Å². The molecule has 0 spiro atoms. The minimum Gasteiger partial charge on any atom is -0.440 e. The van der Waals surface area contributed by atoms with E-state index in [0.29, 0.717) is 22.9 Å². The van der Waals surface area contributed by atoms with Gasteiger partial charge in [0, 0.05) is 11.5 Å². The van der Waals surface area contributed by atoms with E-state index in [4.69, 9.17) is 4.42 Å². The lowest BCUT2D eigenvalue weighted by Gasteiger charge is -2.11. The van der Waals surface area contributed by atoms with Crippen LogP contribution in [0.5, 0.6) is 0 Å². The molecule has 3 aromatic rings. The summed E-state index contributed by atoms with van der Waals surface area (Å²) < 4.78 is 46.5. The number of sulfonamides is 1. The SMILES string of the molecule is Cc1cc(F)ccc1NS(=O)(=O)c1ccc(-c2cnc(C3CC3)o2)cc1. The molecule has 0 atom stereocenters. The third-order valence-electron chi connectivity index (χ3n) is 4.33. The van der Waals surface area contributed by atoms with E-state index in [2.05, 4.69) is 9.71 Å². The predicted octanol–water partition coefficient (Wildman–Crippen LogP) is 4.47. The van der Waals surface area contributed by atoms with Crippen molar-refractivity contribution in [2.45, 2.75) is 30.6 Å². The number of halogens is 1. The Balaban J connectivity index is 1.56. The molecule has 0 radical (unpaired) electrons. The lowest BCUT2D eigenvalue weighted by atomic mass is 10.2. The van der Waals surface area contributed by atoms with Gasteiger partial charge in [-0.2, -0.15) is 0 Å². The molecule has 2 aromatic carbocycles. The summed E-state index contributed by atoms with van der Waals surface area (Å²) in [4.78, 5) is 4.39. The lowest BCUT2D eigenvalue weighted by Crippen LogP contribution is -2.13. The summed E-state index contributed by atoms with van der Waals surface area (Å²) in [5.74, 6) is 1.38. The van der Waals surface area contributed by atoms with Crippen LogP contribution in [-0.4, -0.2) is 13.4 Å². The third-order valence-corrected chi connectivity index (χ3v) is 5.71. The summed E-state index contributed by atoms with van der Waals surface area (Å²) >= 11 is 0. The monoisotopic (exact) mass is 372 g/mol. The van der Waals surface area contributed by atoms with Crippen LogP contribution in [-0.2, 0) is 10.0 Å². The Hall–Kier alpha value is -2.67. The maximum absolute atomic E-state index is 13.2. The van der Waals surface area contributed by atoms with Gasteiger partial charge in [0.25, 0.3) is 10.0 Å². The number of aryl methyl sites for hydroxylation is 1. The topological polar surface area (TPSA) is 72.2 Å². The molecule has 5 nitrogen and oxygen atoms in total. The van der Waals surface area contributed by atoms with E-state index in [1.807, 2.05) is 0 Å². The van der Waals surface area contributed by atoms with Gasteiger partial charge in [-0.15, -0.1) is 0 Å². The van der Waals surface area contributed by atoms with Crippen LogP contribution in [0.4, 0.5) is 10.1 Å². The van der Waals surface area contributed by atoms with Crippen molar-refractivity contribution >= 4 is 15.7 Å². The van der Waals surface area contributed by atoms with E-state index in [1.165, 1.54) is 30.3 Å². The van der Waals surface area contributed by atoms with Gasteiger partial charge in [0.05, 0.1) is 16.8 Å². The zero-order chi connectivity index (χ0) is 18.3. The van der Waals surface area contributed by atoms with E-state index in [-0.39, 0.29) is 4.90 Å². The molecule has 0 aliphatic heterocycles. The van der Waals surface area contributed by atoms with Crippen LogP contribution in [0.25, 0.3) is 11.3 Å².